The summed E-state index contributed by atoms with van der Waals surface area (Å²) in [5.41, 5.74) is 7.06. The standard InChI is InChI=1S/C13H12BrN3O2/c1-17-7-8(5-6-11(17)18)16-13(19)9-3-2-4-10(15)12(9)14/h2-7H,15H2,1H3,(H,16,19). The normalized spacial score (nSPS) is 10.2. The molecule has 0 aliphatic rings. The number of carbonyl (C=O) groups is 1. The molecular weight excluding hydrogens is 310 g/mol. The van der Waals surface area contributed by atoms with E-state index in [9.17, 15) is 9.59 Å². The molecule has 0 radical (unpaired) electrons. The number of pyridine rings is 1. The molecule has 0 saturated carbocycles. The molecule has 0 fully saturated rings. The summed E-state index contributed by atoms with van der Waals surface area (Å²) in [5.74, 6) is -0.294. The number of aromatic nitrogens is 1. The van der Waals surface area contributed by atoms with Gasteiger partial charge in [0.1, 0.15) is 0 Å². The maximum atomic E-state index is 12.1. The van der Waals surface area contributed by atoms with E-state index in [1.165, 1.54) is 10.6 Å². The lowest BCUT2D eigenvalue weighted by molar-refractivity contribution is 0.102. The lowest BCUT2D eigenvalue weighted by atomic mass is 10.2. The summed E-state index contributed by atoms with van der Waals surface area (Å²) in [6, 6.07) is 8.02. The molecule has 1 heterocycles. The third kappa shape index (κ3) is 2.85. The summed E-state index contributed by atoms with van der Waals surface area (Å²) in [4.78, 5) is 23.4. The van der Waals surface area contributed by atoms with E-state index >= 15 is 0 Å². The van der Waals surface area contributed by atoms with E-state index in [4.69, 9.17) is 5.73 Å². The molecule has 1 amide bonds. The summed E-state index contributed by atoms with van der Waals surface area (Å²) >= 11 is 3.28. The number of benzene rings is 1. The van der Waals surface area contributed by atoms with Crippen molar-refractivity contribution in [2.45, 2.75) is 0 Å². The van der Waals surface area contributed by atoms with E-state index in [0.717, 1.165) is 0 Å². The van der Waals surface area contributed by atoms with Gasteiger partial charge < -0.3 is 15.6 Å². The van der Waals surface area contributed by atoms with Gasteiger partial charge in [0.25, 0.3) is 5.91 Å². The van der Waals surface area contributed by atoms with Crippen LogP contribution in [0.5, 0.6) is 0 Å². The number of nitrogens with two attached hydrogens (primary N) is 1. The van der Waals surface area contributed by atoms with Crippen LogP contribution in [0.4, 0.5) is 11.4 Å². The van der Waals surface area contributed by atoms with E-state index in [2.05, 4.69) is 21.2 Å². The van der Waals surface area contributed by atoms with Gasteiger partial charge in [-0.05, 0) is 34.1 Å². The molecular formula is C13H12BrN3O2. The summed E-state index contributed by atoms with van der Waals surface area (Å²) in [6.45, 7) is 0. The predicted molar refractivity (Wildman–Crippen MR) is 78.2 cm³/mol. The van der Waals surface area contributed by atoms with Gasteiger partial charge in [-0.15, -0.1) is 0 Å². The Bertz CT molecular complexity index is 695. The molecule has 0 aliphatic carbocycles. The van der Waals surface area contributed by atoms with Crippen molar-refractivity contribution in [3.63, 3.8) is 0 Å². The van der Waals surface area contributed by atoms with Gasteiger partial charge in [-0.25, -0.2) is 0 Å². The molecule has 19 heavy (non-hydrogen) atoms. The Morgan fingerprint density at radius 2 is 2.05 bits per heavy atom. The quantitative estimate of drug-likeness (QED) is 0.830. The Morgan fingerprint density at radius 1 is 1.32 bits per heavy atom. The highest BCUT2D eigenvalue weighted by Crippen LogP contribution is 2.24. The lowest BCUT2D eigenvalue weighted by Crippen LogP contribution is -2.18. The number of carbonyl (C=O) groups excluding carboxylic acids is 1. The van der Waals surface area contributed by atoms with Crippen LogP contribution in [0.1, 0.15) is 10.4 Å². The number of hydrogen-bond donors (Lipinski definition) is 2. The fraction of sp³-hybridized carbons (Fsp3) is 0.0769. The summed E-state index contributed by atoms with van der Waals surface area (Å²) in [5, 5.41) is 2.71. The molecule has 98 valence electrons. The van der Waals surface area contributed by atoms with Crippen LogP contribution in [0.25, 0.3) is 0 Å². The molecule has 0 unspecified atom stereocenters. The molecule has 0 atom stereocenters. The number of aryl methyl sites for hydroxylation is 1. The molecule has 0 bridgehead atoms. The number of nitrogen functional groups attached to an aromatic ring is 1. The Balaban J connectivity index is 2.28. The second-order valence-corrected chi connectivity index (χ2v) is 4.82. The Morgan fingerprint density at radius 3 is 2.74 bits per heavy atom. The fourth-order valence-electron chi connectivity index (χ4n) is 1.59. The van der Waals surface area contributed by atoms with Crippen molar-refractivity contribution in [3.8, 4) is 0 Å². The number of rotatable bonds is 2. The molecule has 1 aromatic carbocycles. The molecule has 0 saturated heterocycles. The zero-order valence-electron chi connectivity index (χ0n) is 10.2. The van der Waals surface area contributed by atoms with Gasteiger partial charge in [0.05, 0.1) is 15.7 Å². The van der Waals surface area contributed by atoms with E-state index < -0.39 is 0 Å². The van der Waals surface area contributed by atoms with Crippen LogP contribution in [-0.2, 0) is 7.05 Å². The number of nitrogens with one attached hydrogen (secondary N) is 1. The van der Waals surface area contributed by atoms with Crippen LogP contribution in [0.3, 0.4) is 0 Å². The molecule has 0 aliphatic heterocycles. The van der Waals surface area contributed by atoms with Crippen molar-refractivity contribution in [2.75, 3.05) is 11.1 Å². The molecule has 2 aromatic rings. The smallest absolute Gasteiger partial charge is 0.256 e. The van der Waals surface area contributed by atoms with Crippen molar-refractivity contribution in [2.24, 2.45) is 7.05 Å². The minimum absolute atomic E-state index is 0.136. The van der Waals surface area contributed by atoms with Crippen molar-refractivity contribution in [1.29, 1.82) is 0 Å². The molecule has 5 nitrogen and oxygen atoms in total. The monoisotopic (exact) mass is 321 g/mol. The van der Waals surface area contributed by atoms with Crippen LogP contribution in [0.2, 0.25) is 0 Å². The van der Waals surface area contributed by atoms with Crippen molar-refractivity contribution in [3.05, 3.63) is 56.9 Å². The van der Waals surface area contributed by atoms with Gasteiger partial charge in [0, 0.05) is 25.0 Å². The molecule has 1 aromatic heterocycles. The fourth-order valence-corrected chi connectivity index (χ4v) is 2.04. The van der Waals surface area contributed by atoms with Crippen LogP contribution >= 0.6 is 15.9 Å². The second-order valence-electron chi connectivity index (χ2n) is 4.03. The Kier molecular flexibility index (Phi) is 3.71. The number of anilines is 2. The lowest BCUT2D eigenvalue weighted by Gasteiger charge is -2.09. The topological polar surface area (TPSA) is 77.1 Å². The largest absolute Gasteiger partial charge is 0.398 e. The minimum atomic E-state index is -0.294. The third-order valence-electron chi connectivity index (χ3n) is 2.62. The van der Waals surface area contributed by atoms with Crippen LogP contribution in [-0.4, -0.2) is 10.5 Å². The first-order chi connectivity index (χ1) is 8.99. The highest BCUT2D eigenvalue weighted by molar-refractivity contribution is 9.10. The summed E-state index contributed by atoms with van der Waals surface area (Å²) in [7, 11) is 1.62. The first-order valence-electron chi connectivity index (χ1n) is 5.51. The predicted octanol–water partition coefficient (Wildman–Crippen LogP) is 1.98. The van der Waals surface area contributed by atoms with Crippen LogP contribution in [0.15, 0.2) is 45.8 Å². The maximum absolute atomic E-state index is 12.1. The van der Waals surface area contributed by atoms with Crippen molar-refractivity contribution in [1.82, 2.24) is 4.57 Å². The third-order valence-corrected chi connectivity index (χ3v) is 3.50. The van der Waals surface area contributed by atoms with Gasteiger partial charge in [-0.3, -0.25) is 9.59 Å². The minimum Gasteiger partial charge on any atom is -0.398 e. The molecule has 3 N–H and O–H groups in total. The van der Waals surface area contributed by atoms with E-state index in [0.29, 0.717) is 21.4 Å². The van der Waals surface area contributed by atoms with Gasteiger partial charge in [-0.1, -0.05) is 6.07 Å². The first kappa shape index (κ1) is 13.4. The SMILES string of the molecule is Cn1cc(NC(=O)c2cccc(N)c2Br)ccc1=O. The van der Waals surface area contributed by atoms with E-state index in [-0.39, 0.29) is 11.5 Å². The molecule has 6 heteroatoms. The Hall–Kier alpha value is -2.08. The zero-order chi connectivity index (χ0) is 14.0. The van der Waals surface area contributed by atoms with Gasteiger partial charge >= 0.3 is 0 Å². The second kappa shape index (κ2) is 5.27. The van der Waals surface area contributed by atoms with E-state index in [1.54, 1.807) is 37.5 Å². The van der Waals surface area contributed by atoms with Crippen LogP contribution in [0, 0.1) is 0 Å². The first-order valence-corrected chi connectivity index (χ1v) is 6.30. The maximum Gasteiger partial charge on any atom is 0.256 e. The average molecular weight is 322 g/mol. The van der Waals surface area contributed by atoms with Crippen molar-refractivity contribution >= 4 is 33.2 Å². The summed E-state index contributed by atoms with van der Waals surface area (Å²) in [6.07, 6.45) is 1.56. The van der Waals surface area contributed by atoms with Crippen LogP contribution < -0.4 is 16.6 Å². The Labute approximate surface area is 118 Å². The number of halogens is 1. The number of amides is 1. The van der Waals surface area contributed by atoms with Gasteiger partial charge in [-0.2, -0.15) is 0 Å². The van der Waals surface area contributed by atoms with Gasteiger partial charge in [0.2, 0.25) is 5.56 Å². The van der Waals surface area contributed by atoms with Crippen molar-refractivity contribution < 1.29 is 4.79 Å². The average Bonchev–Trinajstić information content (AvgIpc) is 2.37. The van der Waals surface area contributed by atoms with Gasteiger partial charge in [0.15, 0.2) is 0 Å². The molecule has 0 spiro atoms. The number of hydrogen-bond acceptors (Lipinski definition) is 3. The highest BCUT2D eigenvalue weighted by atomic mass is 79.9. The molecule has 2 rings (SSSR count). The summed E-state index contributed by atoms with van der Waals surface area (Å²) < 4.78 is 1.95. The number of nitrogens with zero attached hydrogens (tertiary/aromatic N) is 1. The van der Waals surface area contributed by atoms with E-state index in [1.807, 2.05) is 0 Å². The highest BCUT2D eigenvalue weighted by Gasteiger charge is 2.12. The zero-order valence-corrected chi connectivity index (χ0v) is 11.8.